The van der Waals surface area contributed by atoms with E-state index in [1.165, 1.54) is 19.2 Å². The van der Waals surface area contributed by atoms with Gasteiger partial charge in [0.05, 0.1) is 16.3 Å². The number of hydrogen-bond acceptors (Lipinski definition) is 4. The third-order valence-electron chi connectivity index (χ3n) is 5.50. The van der Waals surface area contributed by atoms with Gasteiger partial charge in [-0.15, -0.1) is 23.4 Å². The van der Waals surface area contributed by atoms with E-state index in [9.17, 15) is 13.6 Å². The van der Waals surface area contributed by atoms with E-state index in [0.717, 1.165) is 36.1 Å². The van der Waals surface area contributed by atoms with Crippen LogP contribution in [0, 0.1) is 17.6 Å². The highest BCUT2D eigenvalue weighted by Gasteiger charge is 2.46. The van der Waals surface area contributed by atoms with E-state index in [1.807, 2.05) is 6.92 Å². The molecule has 1 aliphatic carbocycles. The monoisotopic (exact) mass is 439 g/mol. The molecular formula is C21H24ClF2N3OS. The molecule has 1 heterocycles. The standard InChI is InChI=1S/C21H24ClF2N3OS/c1-13-27-21(8-4-3-6-14(21)12-29-13)15-10-19(17(24)11-16(15)23)26-20(28)18(25-2)7-5-9-22/h5,7,10-11,14H,3-4,6,8-9,12H2,1-2H3,(H,26,28)/t14-,21-/m0/s1. The van der Waals surface area contributed by atoms with Crippen LogP contribution >= 0.6 is 23.4 Å². The molecule has 2 aliphatic rings. The first-order chi connectivity index (χ1) is 13.9. The van der Waals surface area contributed by atoms with Crippen molar-refractivity contribution in [3.8, 4) is 0 Å². The Bertz CT molecular complexity index is 887. The molecule has 1 aromatic carbocycles. The van der Waals surface area contributed by atoms with Crippen LogP contribution in [0.25, 0.3) is 0 Å². The Morgan fingerprint density at radius 3 is 2.93 bits per heavy atom. The second-order valence-electron chi connectivity index (χ2n) is 7.24. The molecule has 1 N–H and O–H groups in total. The number of nitrogens with zero attached hydrogens (tertiary/aromatic N) is 2. The lowest BCUT2D eigenvalue weighted by molar-refractivity contribution is -0.110. The van der Waals surface area contributed by atoms with Crippen LogP contribution in [-0.2, 0) is 10.3 Å². The van der Waals surface area contributed by atoms with E-state index in [4.69, 9.17) is 16.6 Å². The Kier molecular flexibility index (Phi) is 7.11. The predicted octanol–water partition coefficient (Wildman–Crippen LogP) is 5.32. The summed E-state index contributed by atoms with van der Waals surface area (Å²) in [5, 5.41) is 3.43. The largest absolute Gasteiger partial charge is 0.318 e. The Morgan fingerprint density at radius 1 is 1.41 bits per heavy atom. The number of halogens is 3. The van der Waals surface area contributed by atoms with Gasteiger partial charge >= 0.3 is 0 Å². The molecule has 0 aromatic heterocycles. The average Bonchev–Trinajstić information content (AvgIpc) is 2.70. The molecule has 1 saturated carbocycles. The number of benzene rings is 1. The quantitative estimate of drug-likeness (QED) is 0.498. The molecule has 1 aliphatic heterocycles. The van der Waals surface area contributed by atoms with Crippen LogP contribution in [0.1, 0.15) is 38.2 Å². The van der Waals surface area contributed by atoms with Gasteiger partial charge in [-0.05, 0) is 37.8 Å². The van der Waals surface area contributed by atoms with Crippen LogP contribution in [-0.4, -0.2) is 35.3 Å². The van der Waals surface area contributed by atoms with Crippen LogP contribution in [0.15, 0.2) is 34.3 Å². The van der Waals surface area contributed by atoms with Crippen molar-refractivity contribution in [2.45, 2.75) is 38.1 Å². The minimum absolute atomic E-state index is 0.0726. The van der Waals surface area contributed by atoms with Crippen molar-refractivity contribution in [3.63, 3.8) is 0 Å². The van der Waals surface area contributed by atoms with Crippen molar-refractivity contribution < 1.29 is 13.6 Å². The highest BCUT2D eigenvalue weighted by atomic mass is 35.5. The van der Waals surface area contributed by atoms with Crippen LogP contribution in [0.3, 0.4) is 0 Å². The van der Waals surface area contributed by atoms with Crippen LogP contribution in [0.5, 0.6) is 0 Å². The molecule has 0 spiro atoms. The molecule has 156 valence electrons. The summed E-state index contributed by atoms with van der Waals surface area (Å²) in [5.41, 5.74) is -0.320. The molecule has 0 unspecified atom stereocenters. The maximum atomic E-state index is 15.0. The highest BCUT2D eigenvalue weighted by molar-refractivity contribution is 8.13. The number of fused-ring (bicyclic) bond motifs is 1. The Morgan fingerprint density at radius 2 is 2.21 bits per heavy atom. The second-order valence-corrected chi connectivity index (χ2v) is 8.76. The summed E-state index contributed by atoms with van der Waals surface area (Å²) >= 11 is 7.29. The molecule has 1 amide bonds. The summed E-state index contributed by atoms with van der Waals surface area (Å²) in [6, 6.07) is 2.25. The molecule has 3 rings (SSSR count). The minimum atomic E-state index is -0.828. The lowest BCUT2D eigenvalue weighted by Crippen LogP contribution is -2.41. The third kappa shape index (κ3) is 4.56. The van der Waals surface area contributed by atoms with E-state index in [0.29, 0.717) is 12.0 Å². The lowest BCUT2D eigenvalue weighted by atomic mass is 9.69. The Balaban J connectivity index is 2.01. The number of hydrogen-bond donors (Lipinski definition) is 1. The molecule has 4 nitrogen and oxygen atoms in total. The SMILES string of the molecule is CN=C(C=CCCl)C(=O)Nc1cc([C@]23CCCC[C@H]2CSC(C)=N3)c(F)cc1F. The number of allylic oxidation sites excluding steroid dienone is 1. The molecule has 0 radical (unpaired) electrons. The van der Waals surface area contributed by atoms with Crippen molar-refractivity contribution in [1.82, 2.24) is 0 Å². The number of alkyl halides is 1. The minimum Gasteiger partial charge on any atom is -0.318 e. The first-order valence-corrected chi connectivity index (χ1v) is 11.1. The Hall–Kier alpha value is -1.73. The van der Waals surface area contributed by atoms with Gasteiger partial charge in [-0.1, -0.05) is 18.9 Å². The number of carbonyl (C=O) groups excluding carboxylic acids is 1. The number of thioether (sulfide) groups is 1. The summed E-state index contributed by atoms with van der Waals surface area (Å²) in [7, 11) is 1.46. The van der Waals surface area contributed by atoms with Gasteiger partial charge in [-0.3, -0.25) is 14.8 Å². The molecule has 0 saturated heterocycles. The zero-order valence-corrected chi connectivity index (χ0v) is 18.0. The fraction of sp³-hybridized carbons (Fsp3) is 0.476. The summed E-state index contributed by atoms with van der Waals surface area (Å²) in [4.78, 5) is 21.2. The topological polar surface area (TPSA) is 53.8 Å². The number of amides is 1. The second kappa shape index (κ2) is 9.39. The van der Waals surface area contributed by atoms with Crippen LogP contribution in [0.2, 0.25) is 0 Å². The van der Waals surface area contributed by atoms with Gasteiger partial charge in [0.1, 0.15) is 17.3 Å². The van der Waals surface area contributed by atoms with Gasteiger partial charge < -0.3 is 5.32 Å². The van der Waals surface area contributed by atoms with Crippen molar-refractivity contribution >= 4 is 45.7 Å². The fourth-order valence-electron chi connectivity index (χ4n) is 4.12. The van der Waals surface area contributed by atoms with E-state index >= 15 is 0 Å². The first kappa shape index (κ1) is 22.0. The molecule has 1 aromatic rings. The number of carbonyl (C=O) groups is 1. The number of rotatable bonds is 5. The van der Waals surface area contributed by atoms with Crippen LogP contribution < -0.4 is 5.32 Å². The first-order valence-electron chi connectivity index (χ1n) is 9.60. The Labute approximate surface area is 178 Å². The predicted molar refractivity (Wildman–Crippen MR) is 117 cm³/mol. The maximum absolute atomic E-state index is 15.0. The van der Waals surface area contributed by atoms with Gasteiger partial charge in [0.15, 0.2) is 0 Å². The summed E-state index contributed by atoms with van der Waals surface area (Å²) in [6.45, 7) is 1.93. The maximum Gasteiger partial charge on any atom is 0.273 e. The number of anilines is 1. The van der Waals surface area contributed by atoms with Crippen molar-refractivity contribution in [2.24, 2.45) is 15.9 Å². The van der Waals surface area contributed by atoms with Crippen molar-refractivity contribution in [3.05, 3.63) is 41.5 Å². The molecule has 0 bridgehead atoms. The van der Waals surface area contributed by atoms with Gasteiger partial charge in [-0.25, -0.2) is 8.78 Å². The summed E-state index contributed by atoms with van der Waals surface area (Å²) < 4.78 is 29.5. The van der Waals surface area contributed by atoms with E-state index in [-0.39, 0.29) is 23.2 Å². The van der Waals surface area contributed by atoms with Crippen molar-refractivity contribution in [1.29, 1.82) is 0 Å². The zero-order chi connectivity index (χ0) is 21.0. The molecule has 8 heteroatoms. The van der Waals surface area contributed by atoms with Gasteiger partial charge in [0.25, 0.3) is 5.91 Å². The zero-order valence-electron chi connectivity index (χ0n) is 16.5. The fourth-order valence-corrected chi connectivity index (χ4v) is 5.32. The smallest absolute Gasteiger partial charge is 0.273 e. The van der Waals surface area contributed by atoms with E-state index in [2.05, 4.69) is 10.3 Å². The lowest BCUT2D eigenvalue weighted by Gasteiger charge is -2.44. The van der Waals surface area contributed by atoms with Gasteiger partial charge in [0, 0.05) is 30.3 Å². The van der Waals surface area contributed by atoms with E-state index in [1.54, 1.807) is 17.8 Å². The highest BCUT2D eigenvalue weighted by Crippen LogP contribution is 2.50. The molecule has 29 heavy (non-hydrogen) atoms. The summed E-state index contributed by atoms with van der Waals surface area (Å²) in [5.74, 6) is -0.757. The van der Waals surface area contributed by atoms with E-state index < -0.39 is 23.1 Å². The molecule has 2 atom stereocenters. The third-order valence-corrected chi connectivity index (χ3v) is 6.75. The summed E-state index contributed by atoms with van der Waals surface area (Å²) in [6.07, 6.45) is 6.72. The van der Waals surface area contributed by atoms with Crippen molar-refractivity contribution in [2.75, 3.05) is 24.0 Å². The average molecular weight is 440 g/mol. The number of aliphatic imine (C=N–C) groups is 2. The molecule has 1 fully saturated rings. The number of nitrogens with one attached hydrogen (secondary N) is 1. The normalized spacial score (nSPS) is 24.9. The van der Waals surface area contributed by atoms with Crippen LogP contribution in [0.4, 0.5) is 14.5 Å². The van der Waals surface area contributed by atoms with Gasteiger partial charge in [-0.2, -0.15) is 0 Å². The molecular weight excluding hydrogens is 416 g/mol. The van der Waals surface area contributed by atoms with Gasteiger partial charge in [0.2, 0.25) is 0 Å².